The molecular weight excluding hydrogens is 228 g/mol. The summed E-state index contributed by atoms with van der Waals surface area (Å²) in [5.41, 5.74) is 2.16. The molecule has 0 saturated carbocycles. The van der Waals surface area contributed by atoms with Crippen LogP contribution in [0.2, 0.25) is 0 Å². The summed E-state index contributed by atoms with van der Waals surface area (Å²) >= 11 is 0. The molecule has 1 aromatic carbocycles. The zero-order valence-corrected chi connectivity index (χ0v) is 11.0. The molecule has 0 aliphatic rings. The molecule has 0 saturated heterocycles. The minimum atomic E-state index is 0.0888. The van der Waals surface area contributed by atoms with Crippen molar-refractivity contribution in [2.24, 2.45) is 0 Å². The summed E-state index contributed by atoms with van der Waals surface area (Å²) in [6, 6.07) is 5.31. The van der Waals surface area contributed by atoms with Gasteiger partial charge in [-0.1, -0.05) is 0 Å². The van der Waals surface area contributed by atoms with Crippen molar-refractivity contribution in [1.82, 2.24) is 4.98 Å². The summed E-state index contributed by atoms with van der Waals surface area (Å²) < 4.78 is 0.0888. The molecular formula is C14H21N2O2+. The van der Waals surface area contributed by atoms with E-state index in [2.05, 4.69) is 4.98 Å². The van der Waals surface area contributed by atoms with Crippen LogP contribution in [0.3, 0.4) is 0 Å². The van der Waals surface area contributed by atoms with Crippen LogP contribution in [0.5, 0.6) is 5.75 Å². The van der Waals surface area contributed by atoms with Crippen LogP contribution in [0.25, 0.3) is 10.9 Å². The average Bonchev–Trinajstić information content (AvgIpc) is 2.78. The number of aromatic nitrogens is 1. The standard InChI is InChI=1S/C14H20N2O2/c1-3-16(18,4-2)8-7-11-10-15-14-6-5-12(17)9-13(11)14/h5-6,9-10,15,18H,3-4,7-8H2,1-2H3/p+1. The van der Waals surface area contributed by atoms with Gasteiger partial charge in [0.15, 0.2) is 0 Å². The van der Waals surface area contributed by atoms with Gasteiger partial charge in [-0.25, -0.2) is 5.21 Å². The molecule has 2 aromatic rings. The van der Waals surface area contributed by atoms with E-state index in [0.717, 1.165) is 22.9 Å². The number of benzene rings is 1. The SMILES string of the molecule is CC[N+](O)(CC)CCc1c[nH]c2ccc(O)cc12. The summed E-state index contributed by atoms with van der Waals surface area (Å²) in [5, 5.41) is 20.8. The van der Waals surface area contributed by atoms with Gasteiger partial charge in [-0.3, -0.25) is 0 Å². The van der Waals surface area contributed by atoms with Gasteiger partial charge in [0.2, 0.25) is 0 Å². The maximum Gasteiger partial charge on any atom is 0.116 e. The van der Waals surface area contributed by atoms with Gasteiger partial charge >= 0.3 is 0 Å². The molecule has 4 nitrogen and oxygen atoms in total. The minimum Gasteiger partial charge on any atom is -0.508 e. The number of rotatable bonds is 5. The maximum atomic E-state index is 10.2. The number of fused-ring (bicyclic) bond motifs is 1. The lowest BCUT2D eigenvalue weighted by molar-refractivity contribution is -1.10. The van der Waals surface area contributed by atoms with Gasteiger partial charge in [0.1, 0.15) is 25.4 Å². The molecule has 3 N–H and O–H groups in total. The first-order valence-corrected chi connectivity index (χ1v) is 6.46. The second kappa shape index (κ2) is 5.00. The van der Waals surface area contributed by atoms with Crippen molar-refractivity contribution < 1.29 is 15.0 Å². The average molecular weight is 249 g/mol. The number of aromatic amines is 1. The highest BCUT2D eigenvalue weighted by atomic mass is 16.5. The lowest BCUT2D eigenvalue weighted by Crippen LogP contribution is -2.45. The summed E-state index contributed by atoms with van der Waals surface area (Å²) in [7, 11) is 0. The van der Waals surface area contributed by atoms with Crippen molar-refractivity contribution in [2.75, 3.05) is 19.6 Å². The van der Waals surface area contributed by atoms with E-state index in [-0.39, 0.29) is 10.4 Å². The number of H-pyrrole nitrogens is 1. The Bertz CT molecular complexity index is 530. The van der Waals surface area contributed by atoms with Crippen LogP contribution in [0.15, 0.2) is 24.4 Å². The van der Waals surface area contributed by atoms with Gasteiger partial charge < -0.3 is 10.1 Å². The number of hydrogen-bond acceptors (Lipinski definition) is 2. The first-order valence-electron chi connectivity index (χ1n) is 6.46. The monoisotopic (exact) mass is 249 g/mol. The first-order chi connectivity index (χ1) is 8.58. The van der Waals surface area contributed by atoms with Crippen LogP contribution in [-0.2, 0) is 6.42 Å². The molecule has 4 heteroatoms. The Morgan fingerprint density at radius 1 is 1.22 bits per heavy atom. The maximum absolute atomic E-state index is 10.2. The highest BCUT2D eigenvalue weighted by molar-refractivity contribution is 5.84. The van der Waals surface area contributed by atoms with E-state index >= 15 is 0 Å². The molecule has 0 aliphatic carbocycles. The summed E-state index contributed by atoms with van der Waals surface area (Å²) in [5.74, 6) is 0.277. The number of hydrogen-bond donors (Lipinski definition) is 3. The lowest BCUT2D eigenvalue weighted by atomic mass is 10.1. The Labute approximate surface area is 107 Å². The van der Waals surface area contributed by atoms with Crippen molar-refractivity contribution in [2.45, 2.75) is 20.3 Å². The number of nitrogens with one attached hydrogen (secondary N) is 1. The number of phenols is 1. The zero-order chi connectivity index (χ0) is 13.2. The molecule has 0 spiro atoms. The van der Waals surface area contributed by atoms with Gasteiger partial charge in [0.25, 0.3) is 0 Å². The van der Waals surface area contributed by atoms with Gasteiger partial charge in [-0.05, 0) is 37.6 Å². The number of aromatic hydroxyl groups is 1. The minimum absolute atomic E-state index is 0.0888. The fraction of sp³-hybridized carbons (Fsp3) is 0.429. The van der Waals surface area contributed by atoms with E-state index in [1.807, 2.05) is 26.1 Å². The van der Waals surface area contributed by atoms with Crippen molar-refractivity contribution in [3.8, 4) is 5.75 Å². The van der Waals surface area contributed by atoms with Crippen LogP contribution in [0, 0.1) is 0 Å². The zero-order valence-electron chi connectivity index (χ0n) is 11.0. The molecule has 0 amide bonds. The van der Waals surface area contributed by atoms with E-state index in [0.29, 0.717) is 19.6 Å². The first kappa shape index (κ1) is 12.9. The molecule has 1 aromatic heterocycles. The second-order valence-corrected chi connectivity index (χ2v) is 4.74. The number of nitrogens with zero attached hydrogens (tertiary/aromatic N) is 1. The van der Waals surface area contributed by atoms with E-state index in [9.17, 15) is 10.3 Å². The van der Waals surface area contributed by atoms with Gasteiger partial charge in [-0.2, -0.15) is 4.65 Å². The topological polar surface area (TPSA) is 56.2 Å². The lowest BCUT2D eigenvalue weighted by Gasteiger charge is -2.27. The normalized spacial score (nSPS) is 12.2. The molecule has 0 unspecified atom stereocenters. The number of phenolic OH excluding ortho intramolecular Hbond substituents is 1. The Kier molecular flexibility index (Phi) is 3.59. The van der Waals surface area contributed by atoms with Gasteiger partial charge in [0.05, 0.1) is 0 Å². The van der Waals surface area contributed by atoms with E-state index < -0.39 is 0 Å². The molecule has 0 fully saturated rings. The Morgan fingerprint density at radius 3 is 2.61 bits per heavy atom. The predicted octanol–water partition coefficient (Wildman–Crippen LogP) is 2.66. The molecule has 18 heavy (non-hydrogen) atoms. The third kappa shape index (κ3) is 2.49. The highest BCUT2D eigenvalue weighted by Crippen LogP contribution is 2.23. The molecule has 0 atom stereocenters. The Hall–Kier alpha value is -1.52. The molecule has 1 heterocycles. The summed E-state index contributed by atoms with van der Waals surface area (Å²) in [4.78, 5) is 3.19. The largest absolute Gasteiger partial charge is 0.508 e. The van der Waals surface area contributed by atoms with Gasteiger partial charge in [-0.15, -0.1) is 0 Å². The van der Waals surface area contributed by atoms with Crippen LogP contribution in [0.4, 0.5) is 0 Å². The molecule has 0 radical (unpaired) electrons. The molecule has 0 bridgehead atoms. The number of likely N-dealkylation sites (N-methyl/N-ethyl adjacent to an activating group) is 1. The smallest absolute Gasteiger partial charge is 0.116 e. The molecule has 98 valence electrons. The van der Waals surface area contributed by atoms with Crippen LogP contribution >= 0.6 is 0 Å². The number of quaternary nitrogens is 1. The number of hydroxylamine groups is 3. The van der Waals surface area contributed by atoms with Crippen molar-refractivity contribution >= 4 is 10.9 Å². The molecule has 0 aliphatic heterocycles. The van der Waals surface area contributed by atoms with Crippen LogP contribution in [-0.4, -0.2) is 39.6 Å². The Morgan fingerprint density at radius 2 is 1.94 bits per heavy atom. The second-order valence-electron chi connectivity index (χ2n) is 4.74. The van der Waals surface area contributed by atoms with Crippen molar-refractivity contribution in [1.29, 1.82) is 0 Å². The molecule has 2 rings (SSSR count). The van der Waals surface area contributed by atoms with Crippen LogP contribution in [0.1, 0.15) is 19.4 Å². The third-order valence-corrected chi connectivity index (χ3v) is 3.73. The highest BCUT2D eigenvalue weighted by Gasteiger charge is 2.20. The Balaban J connectivity index is 2.19. The van der Waals surface area contributed by atoms with Crippen LogP contribution < -0.4 is 0 Å². The van der Waals surface area contributed by atoms with Crippen molar-refractivity contribution in [3.05, 3.63) is 30.0 Å². The van der Waals surface area contributed by atoms with E-state index in [1.165, 1.54) is 0 Å². The van der Waals surface area contributed by atoms with E-state index in [1.54, 1.807) is 12.1 Å². The van der Waals surface area contributed by atoms with E-state index in [4.69, 9.17) is 0 Å². The fourth-order valence-corrected chi connectivity index (χ4v) is 2.24. The fourth-order valence-electron chi connectivity index (χ4n) is 2.24. The third-order valence-electron chi connectivity index (χ3n) is 3.73. The van der Waals surface area contributed by atoms with Crippen molar-refractivity contribution in [3.63, 3.8) is 0 Å². The predicted molar refractivity (Wildman–Crippen MR) is 71.7 cm³/mol. The summed E-state index contributed by atoms with van der Waals surface area (Å²) in [6.07, 6.45) is 2.75. The summed E-state index contributed by atoms with van der Waals surface area (Å²) in [6.45, 7) is 6.10. The van der Waals surface area contributed by atoms with Gasteiger partial charge in [0, 0.05) is 23.5 Å². The quantitative estimate of drug-likeness (QED) is 0.563.